The zero-order valence-electron chi connectivity index (χ0n) is 15.8. The van der Waals surface area contributed by atoms with E-state index < -0.39 is 28.4 Å². The van der Waals surface area contributed by atoms with Crippen LogP contribution in [0.4, 0.5) is 0 Å². The molecule has 29 heavy (non-hydrogen) atoms. The van der Waals surface area contributed by atoms with Crippen LogP contribution in [-0.2, 0) is 26.2 Å². The molecule has 0 bridgehead atoms. The molecular formula is C20H19ClN2O5S. The minimum Gasteiger partial charge on any atom is -0.497 e. The van der Waals surface area contributed by atoms with Crippen LogP contribution in [0.2, 0.25) is 5.02 Å². The number of hydrogen-bond acceptors (Lipinski definition) is 5. The van der Waals surface area contributed by atoms with Crippen molar-refractivity contribution in [1.82, 2.24) is 9.62 Å². The summed E-state index contributed by atoms with van der Waals surface area (Å²) in [7, 11) is -2.64. The van der Waals surface area contributed by atoms with Gasteiger partial charge in [0.1, 0.15) is 17.2 Å². The largest absolute Gasteiger partial charge is 0.497 e. The van der Waals surface area contributed by atoms with Crippen LogP contribution < -0.4 is 10.1 Å². The number of carbonyl (C=O) groups excluding carboxylic acids is 2. The first-order valence-electron chi connectivity index (χ1n) is 8.67. The van der Waals surface area contributed by atoms with Crippen molar-refractivity contribution in [2.24, 2.45) is 0 Å². The average Bonchev–Trinajstić information content (AvgIpc) is 2.87. The number of methoxy groups -OCH3 is 1. The van der Waals surface area contributed by atoms with E-state index in [1.165, 1.54) is 14.0 Å². The smallest absolute Gasteiger partial charge is 0.268 e. The van der Waals surface area contributed by atoms with Crippen molar-refractivity contribution in [3.8, 4) is 5.75 Å². The number of amides is 2. The molecule has 2 aromatic carbocycles. The second-order valence-corrected chi connectivity index (χ2v) is 8.64. The van der Waals surface area contributed by atoms with Gasteiger partial charge in [0.2, 0.25) is 5.91 Å². The lowest BCUT2D eigenvalue weighted by molar-refractivity contribution is -0.128. The van der Waals surface area contributed by atoms with Crippen LogP contribution in [-0.4, -0.2) is 38.2 Å². The highest BCUT2D eigenvalue weighted by molar-refractivity contribution is 7.99. The van der Waals surface area contributed by atoms with Gasteiger partial charge in [-0.15, -0.1) is 0 Å². The molecule has 3 rings (SSSR count). The topological polar surface area (TPSA) is 92.8 Å². The molecule has 7 nitrogen and oxygen atoms in total. The summed E-state index contributed by atoms with van der Waals surface area (Å²) < 4.78 is 31.5. The second kappa shape index (κ2) is 8.26. The Morgan fingerprint density at radius 2 is 1.72 bits per heavy atom. The van der Waals surface area contributed by atoms with E-state index in [0.29, 0.717) is 20.6 Å². The SMILES string of the molecule is COc1ccc(C2=C(C)C(=O)N(CC(=O)NCc3ccc(Cl)cc3)S2(=O)=O)cc1. The van der Waals surface area contributed by atoms with Crippen LogP contribution in [0.15, 0.2) is 54.1 Å². The van der Waals surface area contributed by atoms with Crippen molar-refractivity contribution >= 4 is 38.3 Å². The maximum Gasteiger partial charge on any atom is 0.268 e. The fourth-order valence-electron chi connectivity index (χ4n) is 2.95. The molecule has 2 amide bonds. The number of rotatable bonds is 6. The maximum absolute atomic E-state index is 12.9. The lowest BCUT2D eigenvalue weighted by atomic mass is 10.1. The average molecular weight is 435 g/mol. The van der Waals surface area contributed by atoms with Gasteiger partial charge in [0.15, 0.2) is 0 Å². The normalized spacial score (nSPS) is 15.6. The Bertz CT molecular complexity index is 1080. The zero-order valence-corrected chi connectivity index (χ0v) is 17.4. The number of hydrogen-bond donors (Lipinski definition) is 1. The Hall–Kier alpha value is -2.84. The van der Waals surface area contributed by atoms with Gasteiger partial charge in [-0.05, 0) is 54.4 Å². The Kier molecular flexibility index (Phi) is 5.95. The van der Waals surface area contributed by atoms with E-state index in [-0.39, 0.29) is 17.0 Å². The van der Waals surface area contributed by atoms with Crippen molar-refractivity contribution in [3.63, 3.8) is 0 Å². The van der Waals surface area contributed by atoms with E-state index in [2.05, 4.69) is 5.32 Å². The van der Waals surface area contributed by atoms with Crippen LogP contribution in [0.1, 0.15) is 18.1 Å². The summed E-state index contributed by atoms with van der Waals surface area (Å²) in [5.74, 6) is -0.731. The number of ether oxygens (including phenoxy) is 1. The molecule has 0 fully saturated rings. The predicted molar refractivity (Wildman–Crippen MR) is 110 cm³/mol. The fourth-order valence-corrected chi connectivity index (χ4v) is 4.85. The predicted octanol–water partition coefficient (Wildman–Crippen LogP) is 2.57. The van der Waals surface area contributed by atoms with E-state index in [0.717, 1.165) is 5.56 Å². The summed E-state index contributed by atoms with van der Waals surface area (Å²) >= 11 is 5.82. The number of benzene rings is 2. The first-order valence-corrected chi connectivity index (χ1v) is 10.5. The molecule has 0 radical (unpaired) electrons. The molecule has 1 N–H and O–H groups in total. The van der Waals surface area contributed by atoms with Gasteiger partial charge >= 0.3 is 0 Å². The molecule has 9 heteroatoms. The lowest BCUT2D eigenvalue weighted by Crippen LogP contribution is -2.40. The molecule has 0 saturated heterocycles. The van der Waals surface area contributed by atoms with E-state index in [9.17, 15) is 18.0 Å². The van der Waals surface area contributed by atoms with Crippen LogP contribution in [0.3, 0.4) is 0 Å². The molecule has 0 aliphatic carbocycles. The Balaban J connectivity index is 1.74. The second-order valence-electron chi connectivity index (χ2n) is 6.40. The van der Waals surface area contributed by atoms with Gasteiger partial charge in [0.05, 0.1) is 7.11 Å². The molecule has 0 saturated carbocycles. The van der Waals surface area contributed by atoms with Gasteiger partial charge in [-0.2, -0.15) is 0 Å². The Morgan fingerprint density at radius 3 is 2.31 bits per heavy atom. The fraction of sp³-hybridized carbons (Fsp3) is 0.200. The molecular weight excluding hydrogens is 416 g/mol. The van der Waals surface area contributed by atoms with Crippen LogP contribution >= 0.6 is 11.6 Å². The summed E-state index contributed by atoms with van der Waals surface area (Å²) in [4.78, 5) is 24.7. The highest BCUT2D eigenvalue weighted by atomic mass is 35.5. The number of halogens is 1. The van der Waals surface area contributed by atoms with Gasteiger partial charge in [-0.3, -0.25) is 9.59 Å². The molecule has 2 aromatic rings. The summed E-state index contributed by atoms with van der Waals surface area (Å²) in [6, 6.07) is 13.2. The molecule has 152 valence electrons. The monoisotopic (exact) mass is 434 g/mol. The number of nitrogens with one attached hydrogen (secondary N) is 1. The third kappa shape index (κ3) is 4.28. The van der Waals surface area contributed by atoms with E-state index in [1.807, 2.05) is 0 Å². The maximum atomic E-state index is 12.9. The first kappa shape index (κ1) is 20.9. The highest BCUT2D eigenvalue weighted by Crippen LogP contribution is 2.35. The molecule has 0 spiro atoms. The van der Waals surface area contributed by atoms with Gasteiger partial charge in [0.25, 0.3) is 15.9 Å². The third-order valence-electron chi connectivity index (χ3n) is 4.48. The van der Waals surface area contributed by atoms with Gasteiger partial charge in [0, 0.05) is 17.1 Å². The van der Waals surface area contributed by atoms with Crippen molar-refractivity contribution in [2.45, 2.75) is 13.5 Å². The van der Waals surface area contributed by atoms with Gasteiger partial charge < -0.3 is 10.1 Å². The summed E-state index contributed by atoms with van der Waals surface area (Å²) in [5.41, 5.74) is 1.23. The molecule has 1 aliphatic rings. The van der Waals surface area contributed by atoms with Gasteiger partial charge in [-0.1, -0.05) is 23.7 Å². The molecule has 0 aromatic heterocycles. The van der Waals surface area contributed by atoms with E-state index in [1.54, 1.807) is 48.5 Å². The lowest BCUT2D eigenvalue weighted by Gasteiger charge is -2.16. The van der Waals surface area contributed by atoms with Crippen molar-refractivity contribution in [3.05, 3.63) is 70.3 Å². The first-order chi connectivity index (χ1) is 13.7. The zero-order chi connectivity index (χ0) is 21.2. The van der Waals surface area contributed by atoms with E-state index >= 15 is 0 Å². The summed E-state index contributed by atoms with van der Waals surface area (Å²) in [6.45, 7) is 1.03. The third-order valence-corrected chi connectivity index (χ3v) is 6.66. The van der Waals surface area contributed by atoms with Crippen molar-refractivity contribution in [1.29, 1.82) is 0 Å². The van der Waals surface area contributed by atoms with Crippen LogP contribution in [0, 0.1) is 0 Å². The number of nitrogens with zero attached hydrogens (tertiary/aromatic N) is 1. The number of carbonyl (C=O) groups is 2. The minimum absolute atomic E-state index is 0.0701. The van der Waals surface area contributed by atoms with Crippen LogP contribution in [0.25, 0.3) is 4.91 Å². The van der Waals surface area contributed by atoms with Gasteiger partial charge in [-0.25, -0.2) is 12.7 Å². The van der Waals surface area contributed by atoms with Crippen molar-refractivity contribution < 1.29 is 22.7 Å². The standard InChI is InChI=1S/C20H19ClN2O5S/c1-13-19(15-5-9-17(28-2)10-6-15)29(26,27)23(20(13)25)12-18(24)22-11-14-3-7-16(21)8-4-14/h3-10H,11-12H2,1-2H3,(H,22,24). The van der Waals surface area contributed by atoms with Crippen LogP contribution in [0.5, 0.6) is 5.75 Å². The van der Waals surface area contributed by atoms with Crippen molar-refractivity contribution in [2.75, 3.05) is 13.7 Å². The Labute approximate surface area is 174 Å². The molecule has 0 atom stereocenters. The molecule has 1 aliphatic heterocycles. The Morgan fingerprint density at radius 1 is 1.10 bits per heavy atom. The number of sulfonamides is 1. The molecule has 1 heterocycles. The summed E-state index contributed by atoms with van der Waals surface area (Å²) in [5, 5.41) is 3.18. The summed E-state index contributed by atoms with van der Waals surface area (Å²) in [6.07, 6.45) is 0. The van der Waals surface area contributed by atoms with E-state index in [4.69, 9.17) is 16.3 Å². The molecule has 0 unspecified atom stereocenters. The minimum atomic E-state index is -4.14. The quantitative estimate of drug-likeness (QED) is 0.754. The highest BCUT2D eigenvalue weighted by Gasteiger charge is 2.43.